The Hall–Kier alpha value is -2.78. The number of nitrogens with two attached hydrogens (primary N) is 1. The molecule has 2 aliphatic rings. The zero-order valence-corrected chi connectivity index (χ0v) is 19.1. The Morgan fingerprint density at radius 2 is 1.94 bits per heavy atom. The van der Waals surface area contributed by atoms with Crippen LogP contribution in [0.15, 0.2) is 18.3 Å². The number of rotatable bonds is 4. The van der Waals surface area contributed by atoms with Gasteiger partial charge in [0.05, 0.1) is 19.9 Å². The molecule has 9 heteroatoms. The molecule has 8 nitrogen and oxygen atoms in total. The van der Waals surface area contributed by atoms with Gasteiger partial charge in [-0.1, -0.05) is 20.3 Å². The van der Waals surface area contributed by atoms with Crippen molar-refractivity contribution in [1.29, 1.82) is 0 Å². The van der Waals surface area contributed by atoms with Crippen molar-refractivity contribution in [1.82, 2.24) is 24.9 Å². The Morgan fingerprint density at radius 1 is 1.22 bits per heavy atom. The minimum atomic E-state index is -0.583. The quantitative estimate of drug-likeness (QED) is 0.563. The van der Waals surface area contributed by atoms with Crippen LogP contribution in [0.4, 0.5) is 10.2 Å². The number of anilines is 1. The lowest BCUT2D eigenvalue weighted by Gasteiger charge is -2.10. The fourth-order valence-corrected chi connectivity index (χ4v) is 3.53. The van der Waals surface area contributed by atoms with Crippen LogP contribution >= 0.6 is 0 Å². The summed E-state index contributed by atoms with van der Waals surface area (Å²) in [5.74, 6) is 0.547. The SMILES string of the molecule is C1CCNCC1.CC.COc1cc2ncc(-c3nc(N)c(CO)cc3F)n2nc1C1CC1. The third kappa shape index (κ3) is 5.34. The zero-order chi connectivity index (χ0) is 23.1. The van der Waals surface area contributed by atoms with Crippen molar-refractivity contribution in [2.45, 2.75) is 58.5 Å². The summed E-state index contributed by atoms with van der Waals surface area (Å²) < 4.78 is 21.3. The number of nitrogens with one attached hydrogen (secondary N) is 1. The molecule has 174 valence electrons. The third-order valence-electron chi connectivity index (χ3n) is 5.38. The molecule has 0 atom stereocenters. The molecular formula is C23H33FN6O2. The van der Waals surface area contributed by atoms with E-state index in [9.17, 15) is 4.39 Å². The maximum Gasteiger partial charge on any atom is 0.157 e. The second-order valence-corrected chi connectivity index (χ2v) is 7.62. The molecule has 1 saturated carbocycles. The van der Waals surface area contributed by atoms with Gasteiger partial charge in [-0.3, -0.25) is 0 Å². The molecule has 1 aliphatic carbocycles. The fourth-order valence-electron chi connectivity index (χ4n) is 3.53. The molecule has 0 unspecified atom stereocenters. The lowest BCUT2D eigenvalue weighted by atomic mass is 10.2. The summed E-state index contributed by atoms with van der Waals surface area (Å²) in [5, 5.41) is 17.0. The van der Waals surface area contributed by atoms with Crippen LogP contribution in [0, 0.1) is 5.82 Å². The number of piperidine rings is 1. The first-order chi connectivity index (χ1) is 15.6. The van der Waals surface area contributed by atoms with E-state index in [0.29, 0.717) is 23.0 Å². The van der Waals surface area contributed by atoms with Gasteiger partial charge >= 0.3 is 0 Å². The van der Waals surface area contributed by atoms with E-state index in [-0.39, 0.29) is 23.7 Å². The van der Waals surface area contributed by atoms with Crippen molar-refractivity contribution in [2.24, 2.45) is 0 Å². The van der Waals surface area contributed by atoms with Gasteiger partial charge in [0.1, 0.15) is 28.6 Å². The average molecular weight is 445 g/mol. The smallest absolute Gasteiger partial charge is 0.157 e. The van der Waals surface area contributed by atoms with E-state index in [1.165, 1.54) is 44.6 Å². The highest BCUT2D eigenvalue weighted by Crippen LogP contribution is 2.43. The Bertz CT molecular complexity index is 1020. The standard InChI is InChI=1S/C16H16FN5O2.C5H11N.C2H6/c1-24-12-5-13-19-6-11(22(13)21-14(12)8-2-3-8)15-10(17)4-9(7-23)16(18)20-15;1-2-4-6-5-3-1;1-2/h4-6,8,23H,2-3,7H2,1H3,(H2,18,20);6H,1-5H2;1-2H3. The van der Waals surface area contributed by atoms with Crippen molar-refractivity contribution in [2.75, 3.05) is 25.9 Å². The monoisotopic (exact) mass is 444 g/mol. The van der Waals surface area contributed by atoms with E-state index in [1.807, 2.05) is 13.8 Å². The number of hydrogen-bond donors (Lipinski definition) is 3. The zero-order valence-electron chi connectivity index (χ0n) is 19.1. The highest BCUT2D eigenvalue weighted by atomic mass is 19.1. The van der Waals surface area contributed by atoms with Crippen LogP contribution < -0.4 is 15.8 Å². The summed E-state index contributed by atoms with van der Waals surface area (Å²) in [6.45, 7) is 6.13. The maximum absolute atomic E-state index is 14.4. The van der Waals surface area contributed by atoms with Crippen molar-refractivity contribution in [3.63, 3.8) is 0 Å². The maximum atomic E-state index is 14.4. The predicted octanol–water partition coefficient (Wildman–Crippen LogP) is 3.68. The molecule has 3 aromatic rings. The molecule has 32 heavy (non-hydrogen) atoms. The second-order valence-electron chi connectivity index (χ2n) is 7.62. The fraction of sp³-hybridized carbons (Fsp3) is 0.522. The first kappa shape index (κ1) is 23.9. The summed E-state index contributed by atoms with van der Waals surface area (Å²) in [6, 6.07) is 2.97. The van der Waals surface area contributed by atoms with Crippen LogP contribution in [0.5, 0.6) is 5.75 Å². The first-order valence-electron chi connectivity index (χ1n) is 11.3. The van der Waals surface area contributed by atoms with Crippen LogP contribution in [-0.4, -0.2) is 44.9 Å². The van der Waals surface area contributed by atoms with Gasteiger partial charge in [0.15, 0.2) is 11.5 Å². The molecule has 0 radical (unpaired) electrons. The number of aromatic nitrogens is 4. The Morgan fingerprint density at radius 3 is 2.47 bits per heavy atom. The molecular weight excluding hydrogens is 411 g/mol. The van der Waals surface area contributed by atoms with Crippen molar-refractivity contribution in [3.8, 4) is 17.1 Å². The minimum absolute atomic E-state index is 0.0524. The van der Waals surface area contributed by atoms with Crippen molar-refractivity contribution >= 4 is 11.5 Å². The molecule has 0 aromatic carbocycles. The Balaban J connectivity index is 0.000000309. The molecule has 1 saturated heterocycles. The summed E-state index contributed by atoms with van der Waals surface area (Å²) in [5.41, 5.74) is 7.86. The Kier molecular flexibility index (Phi) is 8.35. The van der Waals surface area contributed by atoms with Gasteiger partial charge in [-0.25, -0.2) is 18.9 Å². The summed E-state index contributed by atoms with van der Waals surface area (Å²) in [7, 11) is 1.60. The number of nitrogens with zero attached hydrogens (tertiary/aromatic N) is 4. The normalized spacial score (nSPS) is 15.4. The summed E-state index contributed by atoms with van der Waals surface area (Å²) in [6.07, 6.45) is 7.84. The van der Waals surface area contributed by atoms with E-state index >= 15 is 0 Å². The molecule has 4 N–H and O–H groups in total. The molecule has 4 heterocycles. The largest absolute Gasteiger partial charge is 0.495 e. The van der Waals surface area contributed by atoms with Gasteiger partial charge < -0.3 is 20.9 Å². The van der Waals surface area contributed by atoms with E-state index < -0.39 is 5.82 Å². The van der Waals surface area contributed by atoms with Gasteiger partial charge in [0.2, 0.25) is 0 Å². The van der Waals surface area contributed by atoms with Gasteiger partial charge in [-0.2, -0.15) is 5.10 Å². The van der Waals surface area contributed by atoms with Crippen LogP contribution in [0.2, 0.25) is 0 Å². The number of hydrogen-bond acceptors (Lipinski definition) is 7. The van der Waals surface area contributed by atoms with Crippen LogP contribution in [0.25, 0.3) is 17.0 Å². The lowest BCUT2D eigenvalue weighted by Crippen LogP contribution is -2.21. The molecule has 0 spiro atoms. The molecule has 5 rings (SSSR count). The number of imidazole rings is 1. The molecule has 1 aliphatic heterocycles. The number of nitrogen functional groups attached to an aromatic ring is 1. The number of aliphatic hydroxyl groups is 1. The summed E-state index contributed by atoms with van der Waals surface area (Å²) in [4.78, 5) is 8.34. The van der Waals surface area contributed by atoms with Crippen LogP contribution in [-0.2, 0) is 6.61 Å². The highest BCUT2D eigenvalue weighted by Gasteiger charge is 2.30. The predicted molar refractivity (Wildman–Crippen MR) is 123 cm³/mol. The molecule has 0 amide bonds. The summed E-state index contributed by atoms with van der Waals surface area (Å²) >= 11 is 0. The Labute approximate surface area is 188 Å². The van der Waals surface area contributed by atoms with Crippen molar-refractivity contribution in [3.05, 3.63) is 35.4 Å². The van der Waals surface area contributed by atoms with E-state index in [1.54, 1.807) is 17.7 Å². The number of ether oxygens (including phenoxy) is 1. The number of pyridine rings is 1. The van der Waals surface area contributed by atoms with Gasteiger partial charge in [-0.15, -0.1) is 0 Å². The third-order valence-corrected chi connectivity index (χ3v) is 5.38. The topological polar surface area (TPSA) is 111 Å². The molecule has 0 bridgehead atoms. The van der Waals surface area contributed by atoms with Gasteiger partial charge in [0.25, 0.3) is 0 Å². The first-order valence-corrected chi connectivity index (χ1v) is 11.3. The van der Waals surface area contributed by atoms with Crippen LogP contribution in [0.1, 0.15) is 63.1 Å². The number of aliphatic hydroxyl groups excluding tert-OH is 1. The van der Waals surface area contributed by atoms with Crippen LogP contribution in [0.3, 0.4) is 0 Å². The second kappa shape index (κ2) is 11.2. The van der Waals surface area contributed by atoms with E-state index in [2.05, 4.69) is 20.4 Å². The lowest BCUT2D eigenvalue weighted by molar-refractivity contribution is 0.281. The van der Waals surface area contributed by atoms with Gasteiger partial charge in [0, 0.05) is 17.5 Å². The molecule has 3 aromatic heterocycles. The highest BCUT2D eigenvalue weighted by molar-refractivity contribution is 5.63. The number of halogens is 1. The van der Waals surface area contributed by atoms with E-state index in [0.717, 1.165) is 18.5 Å². The number of methoxy groups -OCH3 is 1. The van der Waals surface area contributed by atoms with Crippen molar-refractivity contribution < 1.29 is 14.2 Å². The molecule has 2 fully saturated rings. The van der Waals surface area contributed by atoms with Gasteiger partial charge in [-0.05, 0) is 44.8 Å². The average Bonchev–Trinajstić information content (AvgIpc) is 3.62. The minimum Gasteiger partial charge on any atom is -0.495 e. The number of fused-ring (bicyclic) bond motifs is 1. The van der Waals surface area contributed by atoms with E-state index in [4.69, 9.17) is 15.6 Å².